The number of carboxylic acids is 1. The minimum atomic E-state index is -0.978. The molecule has 1 aromatic carbocycles. The van der Waals surface area contributed by atoms with E-state index in [1.165, 1.54) is 7.11 Å². The molecule has 5 nitrogen and oxygen atoms in total. The quantitative estimate of drug-likeness (QED) is 0.852. The molecule has 0 unspecified atom stereocenters. The molecule has 2 rings (SSSR count). The molecule has 1 aromatic heterocycles. The third-order valence-electron chi connectivity index (χ3n) is 2.70. The van der Waals surface area contributed by atoms with Gasteiger partial charge in [0, 0.05) is 17.5 Å². The smallest absolute Gasteiger partial charge is 0.336 e. The second-order valence-corrected chi connectivity index (χ2v) is 3.89. The van der Waals surface area contributed by atoms with Gasteiger partial charge in [-0.3, -0.25) is 4.98 Å². The molecule has 0 aliphatic carbocycles. The average Bonchev–Trinajstić information content (AvgIpc) is 2.37. The number of carboxylic acid groups (broad SMARTS) is 1. The zero-order valence-corrected chi connectivity index (χ0v) is 10.0. The number of aromatic nitrogens is 1. The molecule has 0 aliphatic rings. The molecule has 0 saturated carbocycles. The first-order valence-corrected chi connectivity index (χ1v) is 5.56. The maximum absolute atomic E-state index is 11.3. The highest BCUT2D eigenvalue weighted by atomic mass is 16.5. The van der Waals surface area contributed by atoms with Crippen molar-refractivity contribution in [2.75, 3.05) is 13.7 Å². The van der Waals surface area contributed by atoms with Crippen molar-refractivity contribution in [1.29, 1.82) is 0 Å². The lowest BCUT2D eigenvalue weighted by atomic mass is 10.1. The number of pyridine rings is 1. The first-order valence-electron chi connectivity index (χ1n) is 5.56. The van der Waals surface area contributed by atoms with Gasteiger partial charge in [0.15, 0.2) is 0 Å². The lowest BCUT2D eigenvalue weighted by Crippen LogP contribution is -2.07. The largest absolute Gasteiger partial charge is 0.497 e. The summed E-state index contributed by atoms with van der Waals surface area (Å²) >= 11 is 0. The Morgan fingerprint density at radius 3 is 2.83 bits per heavy atom. The minimum absolute atomic E-state index is 0.224. The van der Waals surface area contributed by atoms with E-state index in [1.54, 1.807) is 24.3 Å². The van der Waals surface area contributed by atoms with Crippen molar-refractivity contribution in [2.45, 2.75) is 6.42 Å². The van der Waals surface area contributed by atoms with Crippen molar-refractivity contribution in [3.05, 3.63) is 35.5 Å². The number of fused-ring (bicyclic) bond motifs is 1. The Hall–Kier alpha value is -2.14. The number of ether oxygens (including phenoxy) is 1. The van der Waals surface area contributed by atoms with E-state index in [2.05, 4.69) is 4.98 Å². The molecule has 0 saturated heterocycles. The van der Waals surface area contributed by atoms with Crippen molar-refractivity contribution in [1.82, 2.24) is 4.98 Å². The fraction of sp³-hybridized carbons (Fsp3) is 0.231. The number of nitrogens with two attached hydrogens (primary N) is 1. The van der Waals surface area contributed by atoms with Crippen LogP contribution in [-0.2, 0) is 6.42 Å². The van der Waals surface area contributed by atoms with Crippen LogP contribution in [0.3, 0.4) is 0 Å². The molecule has 0 spiro atoms. The molecule has 3 N–H and O–H groups in total. The molecule has 94 valence electrons. The molecule has 1 heterocycles. The number of nitrogens with zero attached hydrogens (tertiary/aromatic N) is 1. The number of carbonyl (C=O) groups is 1. The molecule has 5 heteroatoms. The number of aromatic carboxylic acids is 1. The van der Waals surface area contributed by atoms with E-state index in [0.717, 1.165) is 0 Å². The Kier molecular flexibility index (Phi) is 3.43. The number of hydrogen-bond acceptors (Lipinski definition) is 4. The Bertz CT molecular complexity index is 596. The molecular weight excluding hydrogens is 232 g/mol. The maximum atomic E-state index is 11.3. The molecule has 0 radical (unpaired) electrons. The van der Waals surface area contributed by atoms with Crippen molar-refractivity contribution in [3.63, 3.8) is 0 Å². The molecule has 0 amide bonds. The van der Waals surface area contributed by atoms with Crippen LogP contribution in [0.4, 0.5) is 0 Å². The minimum Gasteiger partial charge on any atom is -0.497 e. The van der Waals surface area contributed by atoms with Gasteiger partial charge >= 0.3 is 5.97 Å². The van der Waals surface area contributed by atoms with Gasteiger partial charge in [-0.1, -0.05) is 0 Å². The summed E-state index contributed by atoms with van der Waals surface area (Å²) in [4.78, 5) is 15.7. The molecule has 0 bridgehead atoms. The SMILES string of the molecule is COc1ccc2nc(CCN)cc(C(=O)O)c2c1. The Balaban J connectivity index is 2.68. The van der Waals surface area contributed by atoms with E-state index in [9.17, 15) is 9.90 Å². The first kappa shape index (κ1) is 12.3. The Labute approximate surface area is 104 Å². The fourth-order valence-electron chi connectivity index (χ4n) is 1.84. The standard InChI is InChI=1S/C13H14N2O3/c1-18-9-2-3-12-10(7-9)11(13(16)17)6-8(15-12)4-5-14/h2-3,6-7H,4-5,14H2,1H3,(H,16,17). The predicted molar refractivity (Wildman–Crippen MR) is 68.0 cm³/mol. The van der Waals surface area contributed by atoms with Crippen LogP contribution in [0.25, 0.3) is 10.9 Å². The fourth-order valence-corrected chi connectivity index (χ4v) is 1.84. The van der Waals surface area contributed by atoms with Gasteiger partial charge in [0.25, 0.3) is 0 Å². The lowest BCUT2D eigenvalue weighted by Gasteiger charge is -2.07. The summed E-state index contributed by atoms with van der Waals surface area (Å²) in [6.45, 7) is 0.438. The van der Waals surface area contributed by atoms with E-state index >= 15 is 0 Å². The summed E-state index contributed by atoms with van der Waals surface area (Å²) in [5.41, 5.74) is 7.02. The summed E-state index contributed by atoms with van der Waals surface area (Å²) in [5, 5.41) is 9.81. The number of benzene rings is 1. The normalized spacial score (nSPS) is 10.6. The highest BCUT2D eigenvalue weighted by molar-refractivity contribution is 6.03. The second-order valence-electron chi connectivity index (χ2n) is 3.89. The highest BCUT2D eigenvalue weighted by Crippen LogP contribution is 2.23. The van der Waals surface area contributed by atoms with Crippen LogP contribution in [0.2, 0.25) is 0 Å². The molecule has 0 fully saturated rings. The summed E-state index contributed by atoms with van der Waals surface area (Å²) in [6.07, 6.45) is 0.558. The first-order chi connectivity index (χ1) is 8.65. The van der Waals surface area contributed by atoms with E-state index in [-0.39, 0.29) is 5.56 Å². The van der Waals surface area contributed by atoms with Crippen molar-refractivity contribution >= 4 is 16.9 Å². The van der Waals surface area contributed by atoms with Crippen LogP contribution in [0.1, 0.15) is 16.1 Å². The molecular formula is C13H14N2O3. The van der Waals surface area contributed by atoms with Gasteiger partial charge in [0.2, 0.25) is 0 Å². The van der Waals surface area contributed by atoms with E-state index in [0.29, 0.717) is 35.3 Å². The Morgan fingerprint density at radius 2 is 2.22 bits per heavy atom. The Morgan fingerprint density at radius 1 is 1.44 bits per heavy atom. The summed E-state index contributed by atoms with van der Waals surface area (Å²) < 4.78 is 5.09. The van der Waals surface area contributed by atoms with Crippen LogP contribution < -0.4 is 10.5 Å². The van der Waals surface area contributed by atoms with Gasteiger partial charge < -0.3 is 15.6 Å². The van der Waals surface area contributed by atoms with Crippen LogP contribution in [-0.4, -0.2) is 29.7 Å². The van der Waals surface area contributed by atoms with Gasteiger partial charge in [-0.2, -0.15) is 0 Å². The van der Waals surface area contributed by atoms with Gasteiger partial charge in [-0.05, 0) is 30.8 Å². The number of methoxy groups -OCH3 is 1. The van der Waals surface area contributed by atoms with Crippen molar-refractivity contribution < 1.29 is 14.6 Å². The van der Waals surface area contributed by atoms with Gasteiger partial charge in [0.05, 0.1) is 18.2 Å². The predicted octanol–water partition coefficient (Wildman–Crippen LogP) is 1.44. The van der Waals surface area contributed by atoms with Crippen LogP contribution in [0.5, 0.6) is 5.75 Å². The monoisotopic (exact) mass is 246 g/mol. The second kappa shape index (κ2) is 5.01. The topological polar surface area (TPSA) is 85.4 Å². The number of rotatable bonds is 4. The van der Waals surface area contributed by atoms with E-state index in [1.807, 2.05) is 0 Å². The molecule has 18 heavy (non-hydrogen) atoms. The lowest BCUT2D eigenvalue weighted by molar-refractivity contribution is 0.0699. The van der Waals surface area contributed by atoms with Crippen molar-refractivity contribution in [2.24, 2.45) is 5.73 Å². The maximum Gasteiger partial charge on any atom is 0.336 e. The van der Waals surface area contributed by atoms with Crippen LogP contribution in [0.15, 0.2) is 24.3 Å². The molecule has 2 aromatic rings. The highest BCUT2D eigenvalue weighted by Gasteiger charge is 2.12. The summed E-state index contributed by atoms with van der Waals surface area (Å²) in [7, 11) is 1.54. The summed E-state index contributed by atoms with van der Waals surface area (Å²) in [6, 6.07) is 6.75. The average molecular weight is 246 g/mol. The van der Waals surface area contributed by atoms with Crippen LogP contribution in [0, 0.1) is 0 Å². The van der Waals surface area contributed by atoms with Gasteiger partial charge in [0.1, 0.15) is 5.75 Å². The summed E-state index contributed by atoms with van der Waals surface area (Å²) in [5.74, 6) is -0.368. The van der Waals surface area contributed by atoms with Gasteiger partial charge in [-0.25, -0.2) is 4.79 Å². The molecule has 0 atom stereocenters. The van der Waals surface area contributed by atoms with Crippen molar-refractivity contribution in [3.8, 4) is 5.75 Å². The van der Waals surface area contributed by atoms with Crippen LogP contribution >= 0.6 is 0 Å². The third-order valence-corrected chi connectivity index (χ3v) is 2.70. The zero-order valence-electron chi connectivity index (χ0n) is 10.0. The number of hydrogen-bond donors (Lipinski definition) is 2. The molecule has 0 aliphatic heterocycles. The third kappa shape index (κ3) is 2.26. The van der Waals surface area contributed by atoms with E-state index in [4.69, 9.17) is 10.5 Å². The zero-order chi connectivity index (χ0) is 13.1. The van der Waals surface area contributed by atoms with Gasteiger partial charge in [-0.15, -0.1) is 0 Å². The van der Waals surface area contributed by atoms with E-state index < -0.39 is 5.97 Å².